The molecule has 1 atom stereocenters. The van der Waals surface area contributed by atoms with Gasteiger partial charge in [0.05, 0.1) is 25.5 Å². The number of nitrogens with zero attached hydrogens (tertiary/aromatic N) is 2. The predicted octanol–water partition coefficient (Wildman–Crippen LogP) is 2.54. The third-order valence-corrected chi connectivity index (χ3v) is 3.08. The molecule has 0 spiro atoms. The van der Waals surface area contributed by atoms with Crippen molar-refractivity contribution in [1.29, 1.82) is 0 Å². The molecule has 0 aliphatic rings. The van der Waals surface area contributed by atoms with E-state index in [0.717, 1.165) is 5.56 Å². The molecule has 1 unspecified atom stereocenters. The van der Waals surface area contributed by atoms with Crippen LogP contribution in [0.2, 0.25) is 0 Å². The van der Waals surface area contributed by atoms with Gasteiger partial charge in [-0.25, -0.2) is 14.6 Å². The van der Waals surface area contributed by atoms with Gasteiger partial charge in [0.15, 0.2) is 5.57 Å². The Bertz CT molecular complexity index is 726. The largest absolute Gasteiger partial charge is 0.466 e. The highest BCUT2D eigenvalue weighted by molar-refractivity contribution is 6.04. The number of benzene rings is 1. The minimum absolute atomic E-state index is 0.223. The van der Waals surface area contributed by atoms with Crippen molar-refractivity contribution in [1.82, 2.24) is 0 Å². The van der Waals surface area contributed by atoms with Crippen molar-refractivity contribution >= 4 is 23.5 Å². The fraction of sp³-hybridized carbons (Fsp3) is 0.421. The molecule has 0 radical (unpaired) electrons. The van der Waals surface area contributed by atoms with Crippen LogP contribution in [0.15, 0.2) is 46.1 Å². The number of aliphatic imine (C=N–C) groups is 1. The number of methoxy groups -OCH3 is 2. The molecule has 7 heteroatoms. The van der Waals surface area contributed by atoms with Crippen LogP contribution in [0.3, 0.4) is 0 Å². The number of hydrogen-bond acceptors (Lipinski definition) is 7. The summed E-state index contributed by atoms with van der Waals surface area (Å²) < 4.78 is 9.42. The van der Waals surface area contributed by atoms with Gasteiger partial charge < -0.3 is 14.3 Å². The minimum atomic E-state index is -1.45. The zero-order chi connectivity index (χ0) is 19.7. The molecule has 0 saturated carbocycles. The molecule has 0 saturated heterocycles. The van der Waals surface area contributed by atoms with Crippen LogP contribution in [-0.2, 0) is 23.9 Å². The molecule has 0 aliphatic heterocycles. The van der Waals surface area contributed by atoms with E-state index in [9.17, 15) is 9.59 Å². The zero-order valence-electron chi connectivity index (χ0n) is 15.9. The Morgan fingerprint density at radius 2 is 1.69 bits per heavy atom. The molecular weight excluding hydrogens is 336 g/mol. The van der Waals surface area contributed by atoms with E-state index in [1.807, 2.05) is 51.1 Å². The van der Waals surface area contributed by atoms with Gasteiger partial charge in [-0.15, -0.1) is 0 Å². The summed E-state index contributed by atoms with van der Waals surface area (Å²) in [5.41, 5.74) is 0.599. The highest BCUT2D eigenvalue weighted by atomic mass is 16.7. The second kappa shape index (κ2) is 9.53. The van der Waals surface area contributed by atoms with Gasteiger partial charge in [-0.1, -0.05) is 35.5 Å². The fourth-order valence-electron chi connectivity index (χ4n) is 1.73. The van der Waals surface area contributed by atoms with Crippen molar-refractivity contribution in [3.8, 4) is 0 Å². The smallest absolute Gasteiger partial charge is 0.355 e. The Hall–Kier alpha value is -2.92. The molecular formula is C19H24N2O5. The summed E-state index contributed by atoms with van der Waals surface area (Å²) >= 11 is 0. The first-order valence-electron chi connectivity index (χ1n) is 7.96. The summed E-state index contributed by atoms with van der Waals surface area (Å²) in [5.74, 6) is 0.943. The van der Waals surface area contributed by atoms with Crippen LogP contribution >= 0.6 is 0 Å². The molecule has 0 heterocycles. The zero-order valence-corrected chi connectivity index (χ0v) is 15.9. The summed E-state index contributed by atoms with van der Waals surface area (Å²) in [5, 5.41) is 3.95. The van der Waals surface area contributed by atoms with Crippen LogP contribution in [0.5, 0.6) is 0 Å². The van der Waals surface area contributed by atoms with Crippen molar-refractivity contribution in [3.05, 3.63) is 41.5 Å². The van der Waals surface area contributed by atoms with E-state index < -0.39 is 23.6 Å². The number of ether oxygens (including phenoxy) is 2. The van der Waals surface area contributed by atoms with E-state index in [2.05, 4.69) is 16.0 Å². The second-order valence-corrected chi connectivity index (χ2v) is 6.35. The molecule has 0 aliphatic carbocycles. The average Bonchev–Trinajstić information content (AvgIpc) is 2.62. The summed E-state index contributed by atoms with van der Waals surface area (Å²) in [6.07, 6.45) is -1.45. The summed E-state index contributed by atoms with van der Waals surface area (Å²) in [7, 11) is 2.37. The first-order chi connectivity index (χ1) is 12.2. The lowest BCUT2D eigenvalue weighted by atomic mass is 10.1. The monoisotopic (exact) mass is 360 g/mol. The lowest BCUT2D eigenvalue weighted by Gasteiger charge is -2.14. The molecule has 1 aromatic rings. The van der Waals surface area contributed by atoms with E-state index in [-0.39, 0.29) is 5.57 Å². The Kier molecular flexibility index (Phi) is 7.75. The van der Waals surface area contributed by atoms with Crippen LogP contribution < -0.4 is 0 Å². The number of rotatable bonds is 6. The number of oxime groups is 1. The molecule has 7 nitrogen and oxygen atoms in total. The molecule has 26 heavy (non-hydrogen) atoms. The van der Waals surface area contributed by atoms with Gasteiger partial charge in [-0.05, 0) is 39.1 Å². The fourth-order valence-corrected chi connectivity index (χ4v) is 1.73. The summed E-state index contributed by atoms with van der Waals surface area (Å²) in [6.45, 7) is 7.18. The summed E-state index contributed by atoms with van der Waals surface area (Å²) in [4.78, 5) is 33.6. The van der Waals surface area contributed by atoms with E-state index in [1.54, 1.807) is 6.92 Å². The second-order valence-electron chi connectivity index (χ2n) is 6.35. The Morgan fingerprint density at radius 1 is 1.08 bits per heavy atom. The average molecular weight is 360 g/mol. The first kappa shape index (κ1) is 21.1. The molecule has 0 amide bonds. The van der Waals surface area contributed by atoms with Crippen molar-refractivity contribution in [2.75, 3.05) is 14.2 Å². The van der Waals surface area contributed by atoms with Crippen LogP contribution in [0.4, 0.5) is 0 Å². The van der Waals surface area contributed by atoms with E-state index in [4.69, 9.17) is 14.3 Å². The lowest BCUT2D eigenvalue weighted by molar-refractivity contribution is -0.154. The van der Waals surface area contributed by atoms with E-state index in [1.165, 1.54) is 14.2 Å². The highest BCUT2D eigenvalue weighted by Crippen LogP contribution is 2.12. The van der Waals surface area contributed by atoms with Gasteiger partial charge in [-0.3, -0.25) is 0 Å². The lowest BCUT2D eigenvalue weighted by Crippen LogP contribution is -2.31. The first-order valence-corrected chi connectivity index (χ1v) is 7.96. The number of carbonyl (C=O) groups is 2. The predicted molar refractivity (Wildman–Crippen MR) is 98.3 cm³/mol. The minimum Gasteiger partial charge on any atom is -0.466 e. The Balaban J connectivity index is 3.27. The van der Waals surface area contributed by atoms with Crippen LogP contribution in [0.1, 0.15) is 33.3 Å². The molecule has 0 bridgehead atoms. The molecule has 0 N–H and O–H groups in total. The topological polar surface area (TPSA) is 86.5 Å². The summed E-state index contributed by atoms with van der Waals surface area (Å²) in [6, 6.07) is 9.25. The van der Waals surface area contributed by atoms with Gasteiger partial charge in [0.25, 0.3) is 6.10 Å². The quantitative estimate of drug-likeness (QED) is 0.337. The van der Waals surface area contributed by atoms with Gasteiger partial charge in [-0.2, -0.15) is 0 Å². The standard InChI is InChI=1S/C19H24N2O5/c1-13(14-10-8-7-9-11-14)21-26-16(18(23)25-6)15(17(22)24-5)12-20-19(2,3)4/h7-11,16H,1-6H3/b21-13+. The third kappa shape index (κ3) is 6.53. The van der Waals surface area contributed by atoms with Crippen LogP contribution in [-0.4, -0.2) is 49.4 Å². The van der Waals surface area contributed by atoms with Gasteiger partial charge in [0, 0.05) is 0 Å². The van der Waals surface area contributed by atoms with Crippen molar-refractivity contribution in [3.63, 3.8) is 0 Å². The molecule has 0 aromatic heterocycles. The molecule has 140 valence electrons. The Morgan fingerprint density at radius 3 is 2.19 bits per heavy atom. The van der Waals surface area contributed by atoms with Crippen molar-refractivity contribution in [2.45, 2.75) is 39.3 Å². The number of carbonyl (C=O) groups excluding carboxylic acids is 2. The van der Waals surface area contributed by atoms with Gasteiger partial charge in [0.1, 0.15) is 0 Å². The number of esters is 2. The maximum atomic E-state index is 12.1. The van der Waals surface area contributed by atoms with Gasteiger partial charge >= 0.3 is 11.9 Å². The van der Waals surface area contributed by atoms with Gasteiger partial charge in [0.2, 0.25) is 0 Å². The maximum Gasteiger partial charge on any atom is 0.355 e. The number of hydrogen-bond donors (Lipinski definition) is 0. The van der Waals surface area contributed by atoms with Crippen LogP contribution in [0, 0.1) is 0 Å². The van der Waals surface area contributed by atoms with E-state index in [0.29, 0.717) is 5.71 Å². The SMILES string of the molecule is COC(=O)C(=C=NC(C)(C)C)C(O/N=C(\C)c1ccccc1)C(=O)OC. The van der Waals surface area contributed by atoms with E-state index >= 15 is 0 Å². The molecule has 1 aromatic carbocycles. The maximum absolute atomic E-state index is 12.1. The van der Waals surface area contributed by atoms with Crippen molar-refractivity contribution in [2.24, 2.45) is 10.1 Å². The van der Waals surface area contributed by atoms with Crippen molar-refractivity contribution < 1.29 is 23.9 Å². The third-order valence-electron chi connectivity index (χ3n) is 3.08. The Labute approximate surface area is 153 Å². The molecule has 0 fully saturated rings. The normalized spacial score (nSPS) is 12.5. The molecule has 1 rings (SSSR count). The highest BCUT2D eigenvalue weighted by Gasteiger charge is 2.33. The van der Waals surface area contributed by atoms with Crippen LogP contribution in [0.25, 0.3) is 0 Å².